The maximum absolute atomic E-state index is 13.8. The molecule has 1 aromatic carbocycles. The van der Waals surface area contributed by atoms with Crippen LogP contribution in [0, 0.1) is 0 Å². The number of amides is 3. The summed E-state index contributed by atoms with van der Waals surface area (Å²) in [6, 6.07) is 4.67. The fourth-order valence-corrected chi connectivity index (χ4v) is 5.08. The average molecular weight is 539 g/mol. The Labute approximate surface area is 207 Å². The van der Waals surface area contributed by atoms with Crippen LogP contribution in [-0.2, 0) is 29.3 Å². The summed E-state index contributed by atoms with van der Waals surface area (Å²) in [4.78, 5) is 42.4. The van der Waals surface area contributed by atoms with Crippen LogP contribution in [0.3, 0.4) is 0 Å². The minimum atomic E-state index is -1.43. The van der Waals surface area contributed by atoms with Crippen molar-refractivity contribution in [3.63, 3.8) is 0 Å². The van der Waals surface area contributed by atoms with Crippen molar-refractivity contribution in [2.24, 2.45) is 0 Å². The van der Waals surface area contributed by atoms with Gasteiger partial charge in [-0.15, -0.1) is 0 Å². The lowest BCUT2D eigenvalue weighted by molar-refractivity contribution is -0.122. The number of hydrogen-bond acceptors (Lipinski definition) is 7. The topological polar surface area (TPSA) is 97.9 Å². The van der Waals surface area contributed by atoms with Crippen molar-refractivity contribution < 1.29 is 33.3 Å². The minimum absolute atomic E-state index is 0.154. The fourth-order valence-electron chi connectivity index (χ4n) is 4.53. The molecule has 3 aliphatic heterocycles. The van der Waals surface area contributed by atoms with E-state index in [1.807, 2.05) is 0 Å². The Morgan fingerprint density at radius 1 is 1.06 bits per heavy atom. The summed E-state index contributed by atoms with van der Waals surface area (Å²) in [5, 5.41) is 0. The molecular weight excluding hydrogens is 508 g/mol. The predicted molar refractivity (Wildman–Crippen MR) is 126 cm³/mol. The number of nitrogens with zero attached hydrogens (tertiary/aromatic N) is 2. The maximum atomic E-state index is 13.8. The zero-order valence-corrected chi connectivity index (χ0v) is 22.3. The zero-order valence-electron chi connectivity index (χ0n) is 20.7. The van der Waals surface area contributed by atoms with Gasteiger partial charge in [-0.1, -0.05) is 12.1 Å². The average Bonchev–Trinajstić information content (AvgIpc) is 3.23. The van der Waals surface area contributed by atoms with Gasteiger partial charge in [0.1, 0.15) is 23.0 Å². The Hall–Kier alpha value is -2.17. The number of epoxide rings is 1. The Bertz CT molecular complexity index is 1060. The molecule has 0 aliphatic carbocycles. The minimum Gasteiger partial charge on any atom is -0.444 e. The Kier molecular flexibility index (Phi) is 5.62. The molecule has 3 heterocycles. The van der Waals surface area contributed by atoms with E-state index in [0.717, 1.165) is 4.90 Å². The number of rotatable bonds is 1. The molecule has 1 aromatic rings. The van der Waals surface area contributed by atoms with Crippen molar-refractivity contribution in [2.75, 3.05) is 11.5 Å². The largest absolute Gasteiger partial charge is 0.444 e. The van der Waals surface area contributed by atoms with E-state index >= 15 is 0 Å². The van der Waals surface area contributed by atoms with Gasteiger partial charge in [0, 0.05) is 10.0 Å². The predicted octanol–water partition coefficient (Wildman–Crippen LogP) is 4.70. The number of carbonyl (C=O) groups excluding carboxylic acids is 3. The van der Waals surface area contributed by atoms with E-state index in [1.165, 1.54) is 4.90 Å². The van der Waals surface area contributed by atoms with E-state index in [0.29, 0.717) is 15.7 Å². The van der Waals surface area contributed by atoms with E-state index in [2.05, 4.69) is 15.9 Å². The fraction of sp³-hybridized carbons (Fsp3) is 0.625. The molecule has 3 atom stereocenters. The standard InChI is InChI=1S/C24H31BrN2O7/c1-21(2,3)33-19(29)26-16-13(10-9-11-14(16)25)24(18(26)28)17(32-24)15-12-31-23(7,8)27(15)20(30)34-22(4,5)6/h9-11,15,17H,12H2,1-8H3/t15-,17+,24+/m0/s1. The van der Waals surface area contributed by atoms with Crippen LogP contribution in [0.15, 0.2) is 22.7 Å². The molecule has 186 valence electrons. The number of fused-ring (bicyclic) bond motifs is 2. The summed E-state index contributed by atoms with van der Waals surface area (Å²) in [6.45, 7) is 14.2. The molecule has 0 saturated carbocycles. The number of ether oxygens (including phenoxy) is 4. The molecule has 0 N–H and O–H groups in total. The summed E-state index contributed by atoms with van der Waals surface area (Å²) in [5.74, 6) is -0.553. The number of imide groups is 1. The molecule has 0 radical (unpaired) electrons. The molecule has 10 heteroatoms. The first-order valence-electron chi connectivity index (χ1n) is 11.2. The van der Waals surface area contributed by atoms with Crippen LogP contribution >= 0.6 is 15.9 Å². The first kappa shape index (κ1) is 24.9. The van der Waals surface area contributed by atoms with Gasteiger partial charge in [0.25, 0.3) is 5.91 Å². The van der Waals surface area contributed by atoms with Gasteiger partial charge in [0.15, 0.2) is 0 Å². The maximum Gasteiger partial charge on any atom is 0.421 e. The molecule has 3 aliphatic rings. The third kappa shape index (κ3) is 3.99. The molecule has 1 spiro atoms. The lowest BCUT2D eigenvalue weighted by atomic mass is 9.92. The van der Waals surface area contributed by atoms with Gasteiger partial charge in [-0.25, -0.2) is 14.5 Å². The van der Waals surface area contributed by atoms with Crippen LogP contribution in [-0.4, -0.2) is 58.7 Å². The highest BCUT2D eigenvalue weighted by Gasteiger charge is 2.75. The number of halogens is 1. The number of carbonyl (C=O) groups is 3. The molecule has 4 rings (SSSR count). The van der Waals surface area contributed by atoms with Gasteiger partial charge < -0.3 is 18.9 Å². The van der Waals surface area contributed by atoms with Gasteiger partial charge in [0.05, 0.1) is 18.3 Å². The molecule has 9 nitrogen and oxygen atoms in total. The summed E-state index contributed by atoms with van der Waals surface area (Å²) in [7, 11) is 0. The summed E-state index contributed by atoms with van der Waals surface area (Å²) in [6.07, 6.45) is -2.08. The molecule has 3 amide bonds. The SMILES string of the molecule is CC(C)(C)OC(=O)N1C(=O)[C@@]2(O[C@@H]2[C@@H]2COC(C)(C)N2C(=O)OC(C)(C)C)c2cccc(Br)c21. The van der Waals surface area contributed by atoms with E-state index in [-0.39, 0.29) is 6.61 Å². The molecular formula is C24H31BrN2O7. The monoisotopic (exact) mass is 538 g/mol. The third-order valence-electron chi connectivity index (χ3n) is 5.82. The summed E-state index contributed by atoms with van der Waals surface area (Å²) < 4.78 is 23.7. The lowest BCUT2D eigenvalue weighted by Gasteiger charge is -2.34. The van der Waals surface area contributed by atoms with Crippen molar-refractivity contribution in [1.82, 2.24) is 4.90 Å². The van der Waals surface area contributed by atoms with Gasteiger partial charge >= 0.3 is 12.2 Å². The second kappa shape index (κ2) is 7.66. The Morgan fingerprint density at radius 3 is 2.24 bits per heavy atom. The smallest absolute Gasteiger partial charge is 0.421 e. The van der Waals surface area contributed by atoms with Gasteiger partial charge in [0.2, 0.25) is 5.60 Å². The van der Waals surface area contributed by atoms with Crippen LogP contribution in [0.2, 0.25) is 0 Å². The van der Waals surface area contributed by atoms with Crippen LogP contribution < -0.4 is 4.90 Å². The molecule has 34 heavy (non-hydrogen) atoms. The highest BCUT2D eigenvalue weighted by Crippen LogP contribution is 2.60. The van der Waals surface area contributed by atoms with E-state index < -0.39 is 52.8 Å². The van der Waals surface area contributed by atoms with Crippen molar-refractivity contribution in [3.8, 4) is 0 Å². The van der Waals surface area contributed by atoms with E-state index in [4.69, 9.17) is 18.9 Å². The molecule has 2 fully saturated rings. The van der Waals surface area contributed by atoms with Gasteiger partial charge in [-0.3, -0.25) is 9.69 Å². The molecule has 0 bridgehead atoms. The van der Waals surface area contributed by atoms with Crippen LogP contribution in [0.25, 0.3) is 0 Å². The first-order chi connectivity index (χ1) is 15.5. The second-order valence-corrected chi connectivity index (χ2v) is 12.1. The first-order valence-corrected chi connectivity index (χ1v) is 12.0. The second-order valence-electron chi connectivity index (χ2n) is 11.2. The summed E-state index contributed by atoms with van der Waals surface area (Å²) in [5.41, 5.74) is -2.98. The normalized spacial score (nSPS) is 27.7. The van der Waals surface area contributed by atoms with Crippen molar-refractivity contribution in [1.29, 1.82) is 0 Å². The Morgan fingerprint density at radius 2 is 1.65 bits per heavy atom. The van der Waals surface area contributed by atoms with Crippen LogP contribution in [0.1, 0.15) is 61.0 Å². The van der Waals surface area contributed by atoms with E-state index in [9.17, 15) is 14.4 Å². The molecule has 2 saturated heterocycles. The lowest BCUT2D eigenvalue weighted by Crippen LogP contribution is -2.52. The number of benzene rings is 1. The van der Waals surface area contributed by atoms with Crippen molar-refractivity contribution in [3.05, 3.63) is 28.2 Å². The Balaban J connectivity index is 1.71. The number of hydrogen-bond donors (Lipinski definition) is 0. The molecule has 0 aromatic heterocycles. The third-order valence-corrected chi connectivity index (χ3v) is 6.46. The quantitative estimate of drug-likeness (QED) is 0.478. The van der Waals surface area contributed by atoms with Gasteiger partial charge in [-0.05, 0) is 77.4 Å². The highest BCUT2D eigenvalue weighted by molar-refractivity contribution is 9.10. The van der Waals surface area contributed by atoms with E-state index in [1.54, 1.807) is 73.6 Å². The van der Waals surface area contributed by atoms with Gasteiger partial charge in [-0.2, -0.15) is 0 Å². The number of anilines is 1. The van der Waals surface area contributed by atoms with Crippen LogP contribution in [0.4, 0.5) is 15.3 Å². The number of para-hydroxylation sites is 1. The highest BCUT2D eigenvalue weighted by atomic mass is 79.9. The molecule has 0 unspecified atom stereocenters. The van der Waals surface area contributed by atoms with Crippen molar-refractivity contribution >= 4 is 39.7 Å². The van der Waals surface area contributed by atoms with Crippen molar-refractivity contribution in [2.45, 2.75) is 90.1 Å². The zero-order chi connectivity index (χ0) is 25.4. The van der Waals surface area contributed by atoms with Crippen LogP contribution in [0.5, 0.6) is 0 Å². The summed E-state index contributed by atoms with van der Waals surface area (Å²) >= 11 is 3.47.